The molecule has 80 valence electrons. The van der Waals surface area contributed by atoms with Crippen LogP contribution in [0.1, 0.15) is 45.4 Å². The summed E-state index contributed by atoms with van der Waals surface area (Å²) in [5.41, 5.74) is 4.59. The van der Waals surface area contributed by atoms with E-state index < -0.39 is 0 Å². The van der Waals surface area contributed by atoms with Crippen molar-refractivity contribution in [3.63, 3.8) is 0 Å². The number of rotatable bonds is 4. The van der Waals surface area contributed by atoms with Gasteiger partial charge in [-0.3, -0.25) is 11.3 Å². The molecule has 3 N–H and O–H groups in total. The van der Waals surface area contributed by atoms with E-state index in [1.165, 1.54) is 38.5 Å². The minimum Gasteiger partial charge on any atom is -0.271 e. The van der Waals surface area contributed by atoms with E-state index in [9.17, 15) is 0 Å². The molecular weight excluding hydrogens is 172 g/mol. The third-order valence-electron chi connectivity index (χ3n) is 3.80. The predicted molar refractivity (Wildman–Crippen MR) is 59.6 cm³/mol. The molecule has 2 rings (SSSR count). The molecular formula is C12H22N2. The van der Waals surface area contributed by atoms with Gasteiger partial charge in [-0.05, 0) is 50.4 Å². The summed E-state index contributed by atoms with van der Waals surface area (Å²) in [6.45, 7) is 2.34. The van der Waals surface area contributed by atoms with Crippen LogP contribution in [0.5, 0.6) is 0 Å². The normalized spacial score (nSPS) is 26.9. The topological polar surface area (TPSA) is 38.0 Å². The van der Waals surface area contributed by atoms with Crippen molar-refractivity contribution in [3.8, 4) is 0 Å². The van der Waals surface area contributed by atoms with E-state index in [1.54, 1.807) is 5.57 Å². The van der Waals surface area contributed by atoms with Crippen LogP contribution in [0.15, 0.2) is 11.6 Å². The summed E-state index contributed by atoms with van der Waals surface area (Å²) < 4.78 is 0. The molecule has 0 amide bonds. The maximum absolute atomic E-state index is 5.68. The van der Waals surface area contributed by atoms with Gasteiger partial charge in [0.15, 0.2) is 0 Å². The van der Waals surface area contributed by atoms with Gasteiger partial charge < -0.3 is 0 Å². The molecule has 2 nitrogen and oxygen atoms in total. The smallest absolute Gasteiger partial charge is 0.0448 e. The van der Waals surface area contributed by atoms with E-state index in [0.717, 1.165) is 11.8 Å². The Balaban J connectivity index is 1.99. The highest BCUT2D eigenvalue weighted by molar-refractivity contribution is 5.15. The van der Waals surface area contributed by atoms with Gasteiger partial charge >= 0.3 is 0 Å². The van der Waals surface area contributed by atoms with Crippen LogP contribution in [-0.2, 0) is 0 Å². The van der Waals surface area contributed by atoms with Gasteiger partial charge in [-0.2, -0.15) is 0 Å². The maximum Gasteiger partial charge on any atom is 0.0448 e. The van der Waals surface area contributed by atoms with Crippen molar-refractivity contribution < 1.29 is 0 Å². The SMILES string of the molecule is CC(C1CC1)C(NN)C1=CCCCC1. The highest BCUT2D eigenvalue weighted by atomic mass is 15.2. The van der Waals surface area contributed by atoms with Gasteiger partial charge in [0.1, 0.15) is 0 Å². The van der Waals surface area contributed by atoms with E-state index in [0.29, 0.717) is 6.04 Å². The number of hydrogen-bond acceptors (Lipinski definition) is 2. The van der Waals surface area contributed by atoms with Crippen LogP contribution in [0, 0.1) is 11.8 Å². The molecule has 0 bridgehead atoms. The number of nitrogens with one attached hydrogen (secondary N) is 1. The summed E-state index contributed by atoms with van der Waals surface area (Å²) >= 11 is 0. The average Bonchev–Trinajstić information content (AvgIpc) is 3.03. The highest BCUT2D eigenvalue weighted by Gasteiger charge is 2.34. The first-order valence-electron chi connectivity index (χ1n) is 5.98. The Labute approximate surface area is 86.9 Å². The van der Waals surface area contributed by atoms with Crippen molar-refractivity contribution in [2.24, 2.45) is 17.7 Å². The molecule has 0 saturated heterocycles. The van der Waals surface area contributed by atoms with Gasteiger partial charge in [-0.1, -0.05) is 18.6 Å². The third-order valence-corrected chi connectivity index (χ3v) is 3.80. The van der Waals surface area contributed by atoms with Gasteiger partial charge in [0.25, 0.3) is 0 Å². The summed E-state index contributed by atoms with van der Waals surface area (Å²) in [5.74, 6) is 7.34. The molecule has 0 radical (unpaired) electrons. The summed E-state index contributed by atoms with van der Waals surface area (Å²) in [6, 6.07) is 0.447. The van der Waals surface area contributed by atoms with E-state index >= 15 is 0 Å². The molecule has 2 aliphatic rings. The van der Waals surface area contributed by atoms with Crippen molar-refractivity contribution >= 4 is 0 Å². The minimum atomic E-state index is 0.447. The van der Waals surface area contributed by atoms with Crippen molar-refractivity contribution in [2.75, 3.05) is 0 Å². The van der Waals surface area contributed by atoms with Crippen molar-refractivity contribution in [3.05, 3.63) is 11.6 Å². The monoisotopic (exact) mass is 194 g/mol. The molecule has 0 aromatic heterocycles. The first-order chi connectivity index (χ1) is 6.83. The number of hydrogen-bond donors (Lipinski definition) is 2. The molecule has 0 aromatic rings. The summed E-state index contributed by atoms with van der Waals surface area (Å²) in [4.78, 5) is 0. The van der Waals surface area contributed by atoms with Crippen molar-refractivity contribution in [2.45, 2.75) is 51.5 Å². The van der Waals surface area contributed by atoms with Crippen LogP contribution in [0.4, 0.5) is 0 Å². The molecule has 1 saturated carbocycles. The van der Waals surface area contributed by atoms with Crippen molar-refractivity contribution in [1.82, 2.24) is 5.43 Å². The Morgan fingerprint density at radius 3 is 2.71 bits per heavy atom. The van der Waals surface area contributed by atoms with Crippen LogP contribution in [0.2, 0.25) is 0 Å². The Hall–Kier alpha value is -0.340. The lowest BCUT2D eigenvalue weighted by molar-refractivity contribution is 0.371. The van der Waals surface area contributed by atoms with Gasteiger partial charge in [0, 0.05) is 6.04 Å². The zero-order chi connectivity index (χ0) is 9.97. The number of allylic oxidation sites excluding steroid dienone is 1. The van der Waals surface area contributed by atoms with Crippen molar-refractivity contribution in [1.29, 1.82) is 0 Å². The second-order valence-electron chi connectivity index (χ2n) is 4.87. The molecule has 14 heavy (non-hydrogen) atoms. The average molecular weight is 194 g/mol. The summed E-state index contributed by atoms with van der Waals surface area (Å²) in [5, 5.41) is 0. The summed E-state index contributed by atoms with van der Waals surface area (Å²) in [6.07, 6.45) is 10.4. The Morgan fingerprint density at radius 2 is 2.21 bits per heavy atom. The predicted octanol–water partition coefficient (Wildman–Crippen LogP) is 2.36. The molecule has 0 spiro atoms. The Morgan fingerprint density at radius 1 is 1.43 bits per heavy atom. The molecule has 2 atom stereocenters. The van der Waals surface area contributed by atoms with Gasteiger partial charge in [-0.25, -0.2) is 0 Å². The second-order valence-corrected chi connectivity index (χ2v) is 4.87. The molecule has 0 heterocycles. The lowest BCUT2D eigenvalue weighted by atomic mass is 9.85. The Bertz CT molecular complexity index is 218. The zero-order valence-corrected chi connectivity index (χ0v) is 9.13. The van der Waals surface area contributed by atoms with Crippen LogP contribution in [0.3, 0.4) is 0 Å². The first-order valence-corrected chi connectivity index (χ1v) is 5.98. The first kappa shape index (κ1) is 10.2. The summed E-state index contributed by atoms with van der Waals surface area (Å²) in [7, 11) is 0. The molecule has 2 aliphatic carbocycles. The lowest BCUT2D eigenvalue weighted by Gasteiger charge is -2.28. The fraction of sp³-hybridized carbons (Fsp3) is 0.833. The number of nitrogens with two attached hydrogens (primary N) is 1. The zero-order valence-electron chi connectivity index (χ0n) is 9.13. The van der Waals surface area contributed by atoms with Crippen LogP contribution in [-0.4, -0.2) is 6.04 Å². The van der Waals surface area contributed by atoms with E-state index in [4.69, 9.17) is 5.84 Å². The quantitative estimate of drug-likeness (QED) is 0.409. The van der Waals surface area contributed by atoms with E-state index in [2.05, 4.69) is 18.4 Å². The maximum atomic E-state index is 5.68. The highest BCUT2D eigenvalue weighted by Crippen LogP contribution is 2.40. The minimum absolute atomic E-state index is 0.447. The van der Waals surface area contributed by atoms with Crippen LogP contribution in [0.25, 0.3) is 0 Å². The largest absolute Gasteiger partial charge is 0.271 e. The third kappa shape index (κ3) is 2.18. The fourth-order valence-electron chi connectivity index (χ4n) is 2.64. The Kier molecular flexibility index (Phi) is 3.24. The lowest BCUT2D eigenvalue weighted by Crippen LogP contribution is -2.42. The molecule has 2 heteroatoms. The van der Waals surface area contributed by atoms with Crippen LogP contribution < -0.4 is 11.3 Å². The van der Waals surface area contributed by atoms with E-state index in [-0.39, 0.29) is 0 Å². The molecule has 0 aromatic carbocycles. The fourth-order valence-corrected chi connectivity index (χ4v) is 2.64. The molecule has 2 unspecified atom stereocenters. The second kappa shape index (κ2) is 4.45. The van der Waals surface area contributed by atoms with Gasteiger partial charge in [0.05, 0.1) is 0 Å². The molecule has 1 fully saturated rings. The van der Waals surface area contributed by atoms with Gasteiger partial charge in [-0.15, -0.1) is 0 Å². The van der Waals surface area contributed by atoms with E-state index in [1.807, 2.05) is 0 Å². The standard InChI is InChI=1S/C12H22N2/c1-9(10-7-8-10)12(14-13)11-5-3-2-4-6-11/h5,9-10,12,14H,2-4,6-8,13H2,1H3. The molecule has 0 aliphatic heterocycles. The van der Waals surface area contributed by atoms with Crippen LogP contribution >= 0.6 is 0 Å². The van der Waals surface area contributed by atoms with Gasteiger partial charge in [0.2, 0.25) is 0 Å². The number of hydrazine groups is 1.